The molecule has 0 fully saturated rings. The summed E-state index contributed by atoms with van der Waals surface area (Å²) in [6.07, 6.45) is 1.38. The molecule has 3 rings (SSSR count). The number of amides is 1. The van der Waals surface area contributed by atoms with Gasteiger partial charge in [-0.15, -0.1) is 0 Å². The topological polar surface area (TPSA) is 70.9 Å². The Balaban J connectivity index is 1.65. The van der Waals surface area contributed by atoms with Crippen molar-refractivity contribution < 1.29 is 14.6 Å². The number of hydrogen-bond acceptors (Lipinski definition) is 4. The minimum Gasteiger partial charge on any atom is -0.507 e. The monoisotopic (exact) mass is 422 g/mol. The molecular weight excluding hydrogens is 411 g/mol. The quantitative estimate of drug-likeness (QED) is 0.343. The van der Waals surface area contributed by atoms with Gasteiger partial charge in [0.15, 0.2) is 6.61 Å². The van der Waals surface area contributed by atoms with E-state index < -0.39 is 5.91 Å². The molecule has 8 heteroatoms. The Morgan fingerprint density at radius 1 is 1.07 bits per heavy atom. The maximum Gasteiger partial charge on any atom is 0.277 e. The zero-order chi connectivity index (χ0) is 19.4. The number of rotatable bonds is 5. The summed E-state index contributed by atoms with van der Waals surface area (Å²) in [5.41, 5.74) is 2.83. The van der Waals surface area contributed by atoms with Crippen molar-refractivity contribution in [3.8, 4) is 11.5 Å². The van der Waals surface area contributed by atoms with Crippen molar-refractivity contribution in [3.05, 3.63) is 69.2 Å². The Morgan fingerprint density at radius 2 is 1.81 bits per heavy atom. The molecule has 5 nitrogen and oxygen atoms in total. The van der Waals surface area contributed by atoms with Gasteiger partial charge in [0.2, 0.25) is 0 Å². The SMILES string of the molecule is O=C(COc1cc(Cl)c(Cl)cc1Cl)N/N=C/c1c(O)ccc2ccccc12. The molecule has 0 atom stereocenters. The highest BCUT2D eigenvalue weighted by Gasteiger charge is 2.09. The lowest BCUT2D eigenvalue weighted by molar-refractivity contribution is -0.123. The van der Waals surface area contributed by atoms with E-state index in [0.29, 0.717) is 5.56 Å². The number of fused-ring (bicyclic) bond motifs is 1. The van der Waals surface area contributed by atoms with E-state index in [1.807, 2.05) is 24.3 Å². The summed E-state index contributed by atoms with van der Waals surface area (Å²) in [5, 5.41) is 16.5. The lowest BCUT2D eigenvalue weighted by atomic mass is 10.0. The van der Waals surface area contributed by atoms with Crippen LogP contribution in [-0.2, 0) is 4.79 Å². The van der Waals surface area contributed by atoms with Crippen LogP contribution >= 0.6 is 34.8 Å². The third-order valence-electron chi connectivity index (χ3n) is 3.66. The highest BCUT2D eigenvalue weighted by molar-refractivity contribution is 6.43. The van der Waals surface area contributed by atoms with E-state index in [4.69, 9.17) is 39.5 Å². The highest BCUT2D eigenvalue weighted by Crippen LogP contribution is 2.33. The summed E-state index contributed by atoms with van der Waals surface area (Å²) < 4.78 is 5.32. The maximum absolute atomic E-state index is 11.9. The fourth-order valence-electron chi connectivity index (χ4n) is 2.38. The number of phenols is 1. The maximum atomic E-state index is 11.9. The second-order valence-electron chi connectivity index (χ2n) is 5.50. The number of hydrazone groups is 1. The summed E-state index contributed by atoms with van der Waals surface area (Å²) >= 11 is 17.7. The van der Waals surface area contributed by atoms with Gasteiger partial charge in [-0.05, 0) is 22.9 Å². The van der Waals surface area contributed by atoms with Crippen LogP contribution in [0.1, 0.15) is 5.56 Å². The Kier molecular flexibility index (Phi) is 6.06. The van der Waals surface area contributed by atoms with Crippen molar-refractivity contribution in [2.24, 2.45) is 5.10 Å². The molecule has 0 aliphatic rings. The second kappa shape index (κ2) is 8.48. The lowest BCUT2D eigenvalue weighted by Crippen LogP contribution is -2.24. The number of phenolic OH excluding ortho intramolecular Hbond substituents is 1. The molecule has 0 aliphatic carbocycles. The van der Waals surface area contributed by atoms with Gasteiger partial charge in [0.05, 0.1) is 21.3 Å². The number of nitrogens with one attached hydrogen (secondary N) is 1. The first-order chi connectivity index (χ1) is 13.0. The first-order valence-corrected chi connectivity index (χ1v) is 8.89. The summed E-state index contributed by atoms with van der Waals surface area (Å²) in [7, 11) is 0. The average molecular weight is 424 g/mol. The standard InChI is InChI=1S/C19H13Cl3N2O3/c20-14-7-16(22)18(8-15(14)21)27-10-19(26)24-23-9-13-12-4-2-1-3-11(12)5-6-17(13)25/h1-9,25H,10H2,(H,24,26)/b23-9+. The number of aromatic hydroxyl groups is 1. The van der Waals surface area contributed by atoms with Crippen LogP contribution < -0.4 is 10.2 Å². The van der Waals surface area contributed by atoms with Crippen molar-refractivity contribution in [3.63, 3.8) is 0 Å². The van der Waals surface area contributed by atoms with E-state index in [0.717, 1.165) is 10.8 Å². The third kappa shape index (κ3) is 4.63. The van der Waals surface area contributed by atoms with Crippen LogP contribution in [0.4, 0.5) is 0 Å². The molecule has 1 amide bonds. The van der Waals surface area contributed by atoms with Crippen LogP contribution in [-0.4, -0.2) is 23.8 Å². The van der Waals surface area contributed by atoms with E-state index in [9.17, 15) is 9.90 Å². The molecule has 0 spiro atoms. The molecule has 0 saturated carbocycles. The van der Waals surface area contributed by atoms with E-state index in [1.54, 1.807) is 12.1 Å². The Hall–Kier alpha value is -2.47. The Bertz CT molecular complexity index is 1040. The molecule has 3 aromatic rings. The third-order valence-corrected chi connectivity index (χ3v) is 4.68. The van der Waals surface area contributed by atoms with E-state index in [2.05, 4.69) is 10.5 Å². The van der Waals surface area contributed by atoms with Gasteiger partial charge < -0.3 is 9.84 Å². The Labute approximate surface area is 170 Å². The van der Waals surface area contributed by atoms with Crippen LogP contribution in [0.5, 0.6) is 11.5 Å². The molecule has 0 heterocycles. The summed E-state index contributed by atoms with van der Waals surface area (Å²) in [5.74, 6) is -0.212. The number of carbonyl (C=O) groups excluding carboxylic acids is 1. The number of halogens is 3. The zero-order valence-electron chi connectivity index (χ0n) is 13.7. The lowest BCUT2D eigenvalue weighted by Gasteiger charge is -2.08. The largest absolute Gasteiger partial charge is 0.507 e. The smallest absolute Gasteiger partial charge is 0.277 e. The van der Waals surface area contributed by atoms with Gasteiger partial charge in [0, 0.05) is 11.6 Å². The van der Waals surface area contributed by atoms with Crippen molar-refractivity contribution >= 4 is 57.7 Å². The summed E-state index contributed by atoms with van der Waals surface area (Å²) in [4.78, 5) is 11.9. The van der Waals surface area contributed by atoms with Gasteiger partial charge in [-0.1, -0.05) is 65.1 Å². The number of benzene rings is 3. The molecule has 0 saturated heterocycles. The molecule has 0 unspecified atom stereocenters. The summed E-state index contributed by atoms with van der Waals surface area (Å²) in [6, 6.07) is 13.8. The van der Waals surface area contributed by atoms with Gasteiger partial charge in [0.1, 0.15) is 11.5 Å². The van der Waals surface area contributed by atoms with E-state index >= 15 is 0 Å². The second-order valence-corrected chi connectivity index (χ2v) is 6.72. The molecule has 3 aromatic carbocycles. The van der Waals surface area contributed by atoms with Crippen molar-refractivity contribution in [2.45, 2.75) is 0 Å². The fraction of sp³-hybridized carbons (Fsp3) is 0.0526. The Morgan fingerprint density at radius 3 is 2.63 bits per heavy atom. The van der Waals surface area contributed by atoms with Crippen LogP contribution in [0.15, 0.2) is 53.6 Å². The van der Waals surface area contributed by atoms with Crippen molar-refractivity contribution in [2.75, 3.05) is 6.61 Å². The van der Waals surface area contributed by atoms with Gasteiger partial charge in [-0.3, -0.25) is 4.79 Å². The van der Waals surface area contributed by atoms with Crippen molar-refractivity contribution in [1.29, 1.82) is 0 Å². The van der Waals surface area contributed by atoms with Crippen LogP contribution in [0.2, 0.25) is 15.1 Å². The van der Waals surface area contributed by atoms with Crippen LogP contribution in [0, 0.1) is 0 Å². The first kappa shape index (κ1) is 19.3. The zero-order valence-corrected chi connectivity index (χ0v) is 16.0. The predicted octanol–water partition coefficient (Wildman–Crippen LogP) is 5.03. The minimum absolute atomic E-state index is 0.0607. The highest BCUT2D eigenvalue weighted by atomic mass is 35.5. The molecule has 0 bridgehead atoms. The molecule has 0 aromatic heterocycles. The predicted molar refractivity (Wildman–Crippen MR) is 108 cm³/mol. The molecule has 2 N–H and O–H groups in total. The number of carbonyl (C=O) groups is 1. The molecule has 27 heavy (non-hydrogen) atoms. The molecule has 0 aliphatic heterocycles. The van der Waals surface area contributed by atoms with Crippen LogP contribution in [0.3, 0.4) is 0 Å². The normalized spacial score (nSPS) is 11.1. The van der Waals surface area contributed by atoms with Gasteiger partial charge in [-0.25, -0.2) is 5.43 Å². The molecule has 0 radical (unpaired) electrons. The van der Waals surface area contributed by atoms with Crippen LogP contribution in [0.25, 0.3) is 10.8 Å². The van der Waals surface area contributed by atoms with Gasteiger partial charge >= 0.3 is 0 Å². The average Bonchev–Trinajstić information content (AvgIpc) is 2.65. The number of nitrogens with zero attached hydrogens (tertiary/aromatic N) is 1. The van der Waals surface area contributed by atoms with Gasteiger partial charge in [0.25, 0.3) is 5.91 Å². The van der Waals surface area contributed by atoms with E-state index in [-0.39, 0.29) is 33.2 Å². The summed E-state index contributed by atoms with van der Waals surface area (Å²) in [6.45, 7) is -0.323. The molecule has 138 valence electrons. The number of ether oxygens (including phenoxy) is 1. The first-order valence-electron chi connectivity index (χ1n) is 7.75. The number of hydrogen-bond donors (Lipinski definition) is 2. The van der Waals surface area contributed by atoms with E-state index in [1.165, 1.54) is 18.3 Å². The molecular formula is C19H13Cl3N2O3. The van der Waals surface area contributed by atoms with Gasteiger partial charge in [-0.2, -0.15) is 5.10 Å². The minimum atomic E-state index is -0.506. The van der Waals surface area contributed by atoms with Crippen molar-refractivity contribution in [1.82, 2.24) is 5.43 Å². The fourth-order valence-corrected chi connectivity index (χ4v) is 2.97.